The van der Waals surface area contributed by atoms with E-state index in [1.54, 1.807) is 18.2 Å². The van der Waals surface area contributed by atoms with Gasteiger partial charge in [0.1, 0.15) is 0 Å². The highest BCUT2D eigenvalue weighted by Crippen LogP contribution is 2.29. The minimum Gasteiger partial charge on any atom is -0.481 e. The molecule has 0 amide bonds. The predicted octanol–water partition coefficient (Wildman–Crippen LogP) is 3.18. The third-order valence-electron chi connectivity index (χ3n) is 1.54. The first-order valence-electron chi connectivity index (χ1n) is 4.08. The van der Waals surface area contributed by atoms with Crippen LogP contribution >= 0.6 is 35.0 Å². The third-order valence-corrected chi connectivity index (χ3v) is 3.16. The molecule has 0 bridgehead atoms. The van der Waals surface area contributed by atoms with Crippen LogP contribution in [0.15, 0.2) is 18.2 Å². The molecule has 0 fully saturated rings. The second-order valence-electron chi connectivity index (χ2n) is 2.66. The quantitative estimate of drug-likeness (QED) is 0.634. The van der Waals surface area contributed by atoms with Crippen molar-refractivity contribution in [3.8, 4) is 0 Å². The molecule has 1 aromatic rings. The summed E-state index contributed by atoms with van der Waals surface area (Å²) in [5, 5.41) is 12.3. The van der Waals surface area contributed by atoms with Gasteiger partial charge in [0.2, 0.25) is 0 Å². The molecule has 82 valence electrons. The van der Waals surface area contributed by atoms with Crippen molar-refractivity contribution < 1.29 is 9.90 Å². The lowest BCUT2D eigenvalue weighted by Crippen LogP contribution is -2.04. The molecule has 1 rings (SSSR count). The number of carboxylic acids is 1. The Balaban J connectivity index is 2.44. The maximum atomic E-state index is 10.2. The van der Waals surface area contributed by atoms with Crippen LogP contribution in [0.5, 0.6) is 0 Å². The van der Waals surface area contributed by atoms with Crippen molar-refractivity contribution in [3.05, 3.63) is 28.2 Å². The number of thioether (sulfide) groups is 1. The van der Waals surface area contributed by atoms with Crippen LogP contribution in [0.2, 0.25) is 10.0 Å². The van der Waals surface area contributed by atoms with Gasteiger partial charge in [-0.3, -0.25) is 4.79 Å². The number of carbonyl (C=O) groups is 1. The summed E-state index contributed by atoms with van der Waals surface area (Å²) in [6.07, 6.45) is 0. The van der Waals surface area contributed by atoms with E-state index >= 15 is 0 Å². The molecule has 3 nitrogen and oxygen atoms in total. The lowest BCUT2D eigenvalue weighted by atomic mass is 10.3. The van der Waals surface area contributed by atoms with Gasteiger partial charge < -0.3 is 10.4 Å². The van der Waals surface area contributed by atoms with E-state index in [2.05, 4.69) is 5.32 Å². The molecular weight excluding hydrogens is 257 g/mol. The number of rotatable bonds is 5. The summed E-state index contributed by atoms with van der Waals surface area (Å²) < 4.78 is 0. The highest BCUT2D eigenvalue weighted by molar-refractivity contribution is 8.00. The summed E-state index contributed by atoms with van der Waals surface area (Å²) in [6, 6.07) is 5.26. The maximum absolute atomic E-state index is 10.2. The Bertz CT molecular complexity index is 360. The summed E-state index contributed by atoms with van der Waals surface area (Å²) in [7, 11) is 0. The zero-order valence-corrected chi connectivity index (χ0v) is 9.99. The van der Waals surface area contributed by atoms with Gasteiger partial charge in [-0.15, -0.1) is 11.8 Å². The molecule has 0 saturated carbocycles. The first-order chi connectivity index (χ1) is 7.11. The summed E-state index contributed by atoms with van der Waals surface area (Å²) in [5.74, 6) is -0.295. The van der Waals surface area contributed by atoms with E-state index in [9.17, 15) is 4.79 Å². The highest BCUT2D eigenvalue weighted by atomic mass is 35.5. The van der Waals surface area contributed by atoms with Gasteiger partial charge in [-0.25, -0.2) is 0 Å². The molecule has 0 spiro atoms. The molecule has 0 atom stereocenters. The Morgan fingerprint density at radius 2 is 2.20 bits per heavy atom. The van der Waals surface area contributed by atoms with Crippen molar-refractivity contribution >= 4 is 46.6 Å². The standard InChI is InChI=1S/C9H9Cl2NO2S/c10-6-2-1-3-7(9(6)11)12-5-15-4-8(13)14/h1-3,12H,4-5H2,(H,13,14). The Labute approximate surface area is 102 Å². The van der Waals surface area contributed by atoms with Crippen molar-refractivity contribution in [2.24, 2.45) is 0 Å². The van der Waals surface area contributed by atoms with Crippen LogP contribution in [0.25, 0.3) is 0 Å². The molecule has 0 aliphatic heterocycles. The second-order valence-corrected chi connectivity index (χ2v) is 4.44. The number of hydrogen-bond donors (Lipinski definition) is 2. The number of hydrogen-bond acceptors (Lipinski definition) is 3. The minimum absolute atomic E-state index is 0.0607. The number of anilines is 1. The normalized spacial score (nSPS) is 10.0. The van der Waals surface area contributed by atoms with E-state index in [0.717, 1.165) is 0 Å². The second kappa shape index (κ2) is 6.10. The average Bonchev–Trinajstić information content (AvgIpc) is 2.18. The van der Waals surface area contributed by atoms with Crippen molar-refractivity contribution in [3.63, 3.8) is 0 Å². The molecular formula is C9H9Cl2NO2S. The Morgan fingerprint density at radius 3 is 2.87 bits per heavy atom. The highest BCUT2D eigenvalue weighted by Gasteiger charge is 2.03. The molecule has 0 heterocycles. The van der Waals surface area contributed by atoms with E-state index in [-0.39, 0.29) is 5.75 Å². The van der Waals surface area contributed by atoms with E-state index in [1.807, 2.05) is 0 Å². The van der Waals surface area contributed by atoms with Crippen molar-refractivity contribution in [2.75, 3.05) is 16.9 Å². The van der Waals surface area contributed by atoms with Gasteiger partial charge in [-0.1, -0.05) is 29.3 Å². The molecule has 2 N–H and O–H groups in total. The fourth-order valence-corrected chi connectivity index (χ4v) is 1.81. The first-order valence-corrected chi connectivity index (χ1v) is 5.99. The number of halogens is 2. The minimum atomic E-state index is -0.834. The summed E-state index contributed by atoms with van der Waals surface area (Å²) >= 11 is 13.0. The van der Waals surface area contributed by atoms with E-state index in [1.165, 1.54) is 11.8 Å². The van der Waals surface area contributed by atoms with Crippen molar-refractivity contribution in [2.45, 2.75) is 0 Å². The SMILES string of the molecule is O=C(O)CSCNc1cccc(Cl)c1Cl. The van der Waals surface area contributed by atoms with Gasteiger partial charge in [-0.2, -0.15) is 0 Å². The Kier molecular flexibility index (Phi) is 5.08. The number of aliphatic carboxylic acids is 1. The fraction of sp³-hybridized carbons (Fsp3) is 0.222. The topological polar surface area (TPSA) is 49.3 Å². The van der Waals surface area contributed by atoms with Gasteiger partial charge in [0, 0.05) is 0 Å². The van der Waals surface area contributed by atoms with Gasteiger partial charge in [0.05, 0.1) is 27.4 Å². The molecule has 1 aromatic carbocycles. The molecule has 0 saturated heterocycles. The number of nitrogens with one attached hydrogen (secondary N) is 1. The van der Waals surface area contributed by atoms with Crippen LogP contribution < -0.4 is 5.32 Å². The summed E-state index contributed by atoms with van der Waals surface area (Å²) in [5.41, 5.74) is 0.710. The molecule has 0 aliphatic carbocycles. The van der Waals surface area contributed by atoms with Crippen LogP contribution in [-0.4, -0.2) is 22.7 Å². The first kappa shape index (κ1) is 12.5. The van der Waals surface area contributed by atoms with E-state index < -0.39 is 5.97 Å². The summed E-state index contributed by atoms with van der Waals surface area (Å²) in [4.78, 5) is 10.2. The number of benzene rings is 1. The van der Waals surface area contributed by atoms with Gasteiger partial charge >= 0.3 is 5.97 Å². The van der Waals surface area contributed by atoms with Gasteiger partial charge in [0.25, 0.3) is 0 Å². The average molecular weight is 266 g/mol. The monoisotopic (exact) mass is 265 g/mol. The zero-order chi connectivity index (χ0) is 11.3. The smallest absolute Gasteiger partial charge is 0.313 e. The van der Waals surface area contributed by atoms with Crippen LogP contribution in [0, 0.1) is 0 Å². The fourth-order valence-electron chi connectivity index (χ4n) is 0.907. The van der Waals surface area contributed by atoms with Crippen molar-refractivity contribution in [1.29, 1.82) is 0 Å². The Hall–Kier alpha value is -0.580. The van der Waals surface area contributed by atoms with Crippen LogP contribution in [0.1, 0.15) is 0 Å². The zero-order valence-electron chi connectivity index (χ0n) is 7.67. The molecule has 6 heteroatoms. The van der Waals surface area contributed by atoms with E-state index in [0.29, 0.717) is 21.6 Å². The maximum Gasteiger partial charge on any atom is 0.313 e. The Morgan fingerprint density at radius 1 is 1.47 bits per heavy atom. The van der Waals surface area contributed by atoms with Gasteiger partial charge in [-0.05, 0) is 12.1 Å². The summed E-state index contributed by atoms with van der Waals surface area (Å²) in [6.45, 7) is 0. The van der Waals surface area contributed by atoms with Gasteiger partial charge in [0.15, 0.2) is 0 Å². The molecule has 0 aliphatic rings. The lowest BCUT2D eigenvalue weighted by molar-refractivity contribution is -0.133. The molecule has 0 radical (unpaired) electrons. The molecule has 0 aromatic heterocycles. The van der Waals surface area contributed by atoms with Crippen LogP contribution in [0.4, 0.5) is 5.69 Å². The molecule has 0 unspecified atom stereocenters. The largest absolute Gasteiger partial charge is 0.481 e. The molecule has 15 heavy (non-hydrogen) atoms. The number of carboxylic acid groups (broad SMARTS) is 1. The van der Waals surface area contributed by atoms with Crippen LogP contribution in [-0.2, 0) is 4.79 Å². The van der Waals surface area contributed by atoms with Crippen LogP contribution in [0.3, 0.4) is 0 Å². The lowest BCUT2D eigenvalue weighted by Gasteiger charge is -2.07. The van der Waals surface area contributed by atoms with E-state index in [4.69, 9.17) is 28.3 Å². The predicted molar refractivity (Wildman–Crippen MR) is 65.0 cm³/mol. The van der Waals surface area contributed by atoms with Crippen molar-refractivity contribution in [1.82, 2.24) is 0 Å². The third kappa shape index (κ3) is 4.20.